The molecule has 30 heavy (non-hydrogen) atoms. The molecule has 0 spiro atoms. The number of hydrogen-bond donors (Lipinski definition) is 3. The van der Waals surface area contributed by atoms with E-state index in [2.05, 4.69) is 5.32 Å². The van der Waals surface area contributed by atoms with Gasteiger partial charge in [-0.05, 0) is 49.4 Å². The van der Waals surface area contributed by atoms with E-state index in [9.17, 15) is 24.3 Å². The first kappa shape index (κ1) is 20.8. The maximum atomic E-state index is 12.6. The fourth-order valence-electron chi connectivity index (χ4n) is 3.13. The quantitative estimate of drug-likeness (QED) is 0.489. The molecule has 2 aromatic rings. The summed E-state index contributed by atoms with van der Waals surface area (Å²) in [6, 6.07) is 9.84. The zero-order chi connectivity index (χ0) is 21.8. The number of nitrogens with one attached hydrogen (secondary N) is 1. The highest BCUT2D eigenvalue weighted by atomic mass is 16.5. The predicted octanol–water partition coefficient (Wildman–Crippen LogP) is 2.26. The van der Waals surface area contributed by atoms with Gasteiger partial charge in [-0.15, -0.1) is 0 Å². The number of anilines is 2. The first-order chi connectivity index (χ1) is 14.3. The number of phenols is 1. The van der Waals surface area contributed by atoms with Gasteiger partial charge in [0.2, 0.25) is 11.8 Å². The molecule has 3 N–H and O–H groups in total. The number of ether oxygens (including phenoxy) is 1. The fourth-order valence-corrected chi connectivity index (χ4v) is 3.13. The number of hydrogen-bond acceptors (Lipinski definition) is 6. The molecule has 0 saturated carbocycles. The summed E-state index contributed by atoms with van der Waals surface area (Å²) in [5.41, 5.74) is 0.771. The molecule has 0 aromatic heterocycles. The van der Waals surface area contributed by atoms with Crippen LogP contribution in [0.2, 0.25) is 0 Å². The SMILES string of the molecule is CCOC(=O)c1ccc(N2CC(C(=O)Nc3cc(C(=O)O)ccc3O)CC2=O)cc1. The Kier molecular flexibility index (Phi) is 6.01. The highest BCUT2D eigenvalue weighted by Gasteiger charge is 2.35. The molecule has 9 heteroatoms. The zero-order valence-corrected chi connectivity index (χ0v) is 16.1. The number of carboxylic acid groups (broad SMARTS) is 1. The van der Waals surface area contributed by atoms with E-state index in [0.717, 1.165) is 6.07 Å². The molecule has 1 heterocycles. The van der Waals surface area contributed by atoms with Crippen molar-refractivity contribution >= 4 is 35.1 Å². The number of amides is 2. The van der Waals surface area contributed by atoms with Gasteiger partial charge in [0, 0.05) is 18.7 Å². The van der Waals surface area contributed by atoms with Crippen LogP contribution in [0.3, 0.4) is 0 Å². The van der Waals surface area contributed by atoms with Crippen LogP contribution in [0.4, 0.5) is 11.4 Å². The van der Waals surface area contributed by atoms with Crippen LogP contribution >= 0.6 is 0 Å². The number of aromatic hydroxyl groups is 1. The maximum Gasteiger partial charge on any atom is 0.338 e. The third-order valence-electron chi connectivity index (χ3n) is 4.69. The van der Waals surface area contributed by atoms with Crippen molar-refractivity contribution in [3.63, 3.8) is 0 Å². The van der Waals surface area contributed by atoms with Crippen molar-refractivity contribution in [2.45, 2.75) is 13.3 Å². The van der Waals surface area contributed by atoms with E-state index in [1.807, 2.05) is 0 Å². The first-order valence-electron chi connectivity index (χ1n) is 9.25. The minimum Gasteiger partial charge on any atom is -0.506 e. The third-order valence-corrected chi connectivity index (χ3v) is 4.69. The van der Waals surface area contributed by atoms with Crippen molar-refractivity contribution in [2.75, 3.05) is 23.4 Å². The molecule has 1 fully saturated rings. The molecular formula is C21H20N2O7. The summed E-state index contributed by atoms with van der Waals surface area (Å²) < 4.78 is 4.92. The standard InChI is InChI=1S/C21H20N2O7/c1-2-30-21(29)12-3-6-15(7-4-12)23-11-14(10-18(23)25)19(26)22-16-9-13(20(27)28)5-8-17(16)24/h3-9,14,24H,2,10-11H2,1H3,(H,22,26)(H,27,28). The lowest BCUT2D eigenvalue weighted by molar-refractivity contribution is -0.122. The minimum absolute atomic E-state index is 0.0369. The number of esters is 1. The van der Waals surface area contributed by atoms with E-state index in [4.69, 9.17) is 9.84 Å². The predicted molar refractivity (Wildman–Crippen MR) is 107 cm³/mol. The van der Waals surface area contributed by atoms with E-state index in [1.165, 1.54) is 17.0 Å². The summed E-state index contributed by atoms with van der Waals surface area (Å²) in [5, 5.41) is 21.4. The van der Waals surface area contributed by atoms with Gasteiger partial charge in [0.25, 0.3) is 0 Å². The third kappa shape index (κ3) is 4.40. The number of benzene rings is 2. The molecule has 0 aliphatic carbocycles. The second kappa shape index (κ2) is 8.64. The van der Waals surface area contributed by atoms with Gasteiger partial charge >= 0.3 is 11.9 Å². The van der Waals surface area contributed by atoms with Crippen LogP contribution in [0.5, 0.6) is 5.75 Å². The van der Waals surface area contributed by atoms with Crippen molar-refractivity contribution in [1.82, 2.24) is 0 Å². The van der Waals surface area contributed by atoms with Crippen LogP contribution in [-0.2, 0) is 14.3 Å². The van der Waals surface area contributed by atoms with Crippen LogP contribution in [0.25, 0.3) is 0 Å². The molecule has 1 saturated heterocycles. The average molecular weight is 412 g/mol. The molecular weight excluding hydrogens is 392 g/mol. The maximum absolute atomic E-state index is 12.6. The summed E-state index contributed by atoms with van der Waals surface area (Å²) in [4.78, 5) is 49.2. The Morgan fingerprint density at radius 3 is 2.43 bits per heavy atom. The number of carbonyl (C=O) groups is 4. The number of carboxylic acids is 1. The molecule has 0 radical (unpaired) electrons. The van der Waals surface area contributed by atoms with Crippen molar-refractivity contribution in [2.24, 2.45) is 5.92 Å². The summed E-state index contributed by atoms with van der Waals surface area (Å²) in [5.74, 6) is -3.38. The van der Waals surface area contributed by atoms with E-state index >= 15 is 0 Å². The molecule has 1 unspecified atom stereocenters. The van der Waals surface area contributed by atoms with Gasteiger partial charge in [0.15, 0.2) is 0 Å². The highest BCUT2D eigenvalue weighted by molar-refractivity contribution is 6.04. The van der Waals surface area contributed by atoms with Crippen LogP contribution in [0.1, 0.15) is 34.1 Å². The molecule has 2 aromatic carbocycles. The van der Waals surface area contributed by atoms with E-state index in [0.29, 0.717) is 11.3 Å². The van der Waals surface area contributed by atoms with Gasteiger partial charge in [-0.1, -0.05) is 0 Å². The second-order valence-electron chi connectivity index (χ2n) is 6.70. The van der Waals surface area contributed by atoms with Crippen molar-refractivity contribution in [3.8, 4) is 5.75 Å². The lowest BCUT2D eigenvalue weighted by atomic mass is 10.1. The normalized spacial score (nSPS) is 15.7. The second-order valence-corrected chi connectivity index (χ2v) is 6.70. The zero-order valence-electron chi connectivity index (χ0n) is 16.1. The van der Waals surface area contributed by atoms with Crippen LogP contribution in [-0.4, -0.2) is 47.1 Å². The Bertz CT molecular complexity index is 1000. The summed E-state index contributed by atoms with van der Waals surface area (Å²) in [6.07, 6.45) is -0.0369. The first-order valence-corrected chi connectivity index (χ1v) is 9.25. The van der Waals surface area contributed by atoms with Gasteiger partial charge in [0.1, 0.15) is 5.75 Å². The summed E-state index contributed by atoms with van der Waals surface area (Å²) in [6.45, 7) is 2.08. The Labute approximate surface area is 171 Å². The molecule has 0 bridgehead atoms. The van der Waals surface area contributed by atoms with Crippen molar-refractivity contribution < 1.29 is 34.1 Å². The minimum atomic E-state index is -1.20. The smallest absolute Gasteiger partial charge is 0.338 e. The van der Waals surface area contributed by atoms with E-state index in [1.54, 1.807) is 31.2 Å². The van der Waals surface area contributed by atoms with Gasteiger partial charge < -0.3 is 25.2 Å². The molecule has 156 valence electrons. The van der Waals surface area contributed by atoms with Crippen LogP contribution < -0.4 is 10.2 Å². The molecule has 1 aliphatic heterocycles. The lowest BCUT2D eigenvalue weighted by Crippen LogP contribution is -2.28. The lowest BCUT2D eigenvalue weighted by Gasteiger charge is -2.17. The molecule has 9 nitrogen and oxygen atoms in total. The van der Waals surface area contributed by atoms with Gasteiger partial charge in [-0.2, -0.15) is 0 Å². The number of rotatable bonds is 6. The highest BCUT2D eigenvalue weighted by Crippen LogP contribution is 2.29. The van der Waals surface area contributed by atoms with Crippen molar-refractivity contribution in [1.29, 1.82) is 0 Å². The number of phenolic OH excluding ortho intramolecular Hbond substituents is 1. The average Bonchev–Trinajstić information content (AvgIpc) is 3.11. The Hall–Kier alpha value is -3.88. The molecule has 1 atom stereocenters. The summed E-state index contributed by atoms with van der Waals surface area (Å²) in [7, 11) is 0. The molecule has 3 rings (SSSR count). The Morgan fingerprint density at radius 1 is 1.13 bits per heavy atom. The fraction of sp³-hybridized carbons (Fsp3) is 0.238. The van der Waals surface area contributed by atoms with Gasteiger partial charge in [-0.25, -0.2) is 9.59 Å². The Morgan fingerprint density at radius 2 is 1.80 bits per heavy atom. The van der Waals surface area contributed by atoms with Gasteiger partial charge in [0.05, 0.1) is 29.3 Å². The van der Waals surface area contributed by atoms with E-state index in [-0.39, 0.29) is 42.5 Å². The molecule has 1 aliphatic rings. The number of nitrogens with zero attached hydrogens (tertiary/aromatic N) is 1. The number of aromatic carboxylic acids is 1. The number of carbonyl (C=O) groups excluding carboxylic acids is 3. The largest absolute Gasteiger partial charge is 0.506 e. The van der Waals surface area contributed by atoms with Crippen molar-refractivity contribution in [3.05, 3.63) is 53.6 Å². The van der Waals surface area contributed by atoms with E-state index < -0.39 is 23.8 Å². The Balaban J connectivity index is 1.70. The topological polar surface area (TPSA) is 133 Å². The monoisotopic (exact) mass is 412 g/mol. The van der Waals surface area contributed by atoms with Crippen LogP contribution in [0.15, 0.2) is 42.5 Å². The van der Waals surface area contributed by atoms with Crippen LogP contribution in [0, 0.1) is 5.92 Å². The molecule has 2 amide bonds. The van der Waals surface area contributed by atoms with Gasteiger partial charge in [-0.3, -0.25) is 9.59 Å². The summed E-state index contributed by atoms with van der Waals surface area (Å²) >= 11 is 0.